The van der Waals surface area contributed by atoms with Crippen molar-refractivity contribution in [2.45, 2.75) is 19.3 Å². The fourth-order valence-electron chi connectivity index (χ4n) is 4.35. The number of nitrogens with zero attached hydrogens (tertiary/aromatic N) is 1. The largest absolute Gasteiger partial charge is 0.507 e. The highest BCUT2D eigenvalue weighted by atomic mass is 79.9. The minimum atomic E-state index is -0.466. The standard InChI is InChI=1S/C26H20BrN3O4/c27-19-6-3-7-21(31)24(19)26(34)28-16-9-11-17(12-10-16)30-20-13-8-15-4-1-2-5-18(15)25(20)29-22(32)14-23(30)33/h1-7,9-12,31H,8,13-14H2,(H,28,34)(H,29,32). The van der Waals surface area contributed by atoms with E-state index in [-0.39, 0.29) is 29.5 Å². The monoisotopic (exact) mass is 517 g/mol. The van der Waals surface area contributed by atoms with Crippen LogP contribution in [0.5, 0.6) is 5.75 Å². The summed E-state index contributed by atoms with van der Waals surface area (Å²) in [5.41, 5.74) is 4.72. The third-order valence-electron chi connectivity index (χ3n) is 5.90. The molecule has 0 bridgehead atoms. The number of aromatic hydroxyl groups is 1. The van der Waals surface area contributed by atoms with E-state index in [0.717, 1.165) is 23.2 Å². The zero-order valence-corrected chi connectivity index (χ0v) is 19.6. The van der Waals surface area contributed by atoms with Crippen molar-refractivity contribution in [2.24, 2.45) is 0 Å². The zero-order valence-electron chi connectivity index (χ0n) is 18.0. The van der Waals surface area contributed by atoms with Gasteiger partial charge in [-0.3, -0.25) is 19.3 Å². The van der Waals surface area contributed by atoms with Gasteiger partial charge in [-0.2, -0.15) is 0 Å². The average molecular weight is 518 g/mol. The number of amides is 3. The molecule has 3 aromatic carbocycles. The smallest absolute Gasteiger partial charge is 0.260 e. The van der Waals surface area contributed by atoms with Crippen molar-refractivity contribution in [3.8, 4) is 5.75 Å². The van der Waals surface area contributed by atoms with Crippen LogP contribution in [0.1, 0.15) is 34.3 Å². The molecular formula is C26H20BrN3O4. The summed E-state index contributed by atoms with van der Waals surface area (Å²) in [6.07, 6.45) is 1.12. The number of halogens is 1. The van der Waals surface area contributed by atoms with Gasteiger partial charge in [0.2, 0.25) is 11.8 Å². The first kappa shape index (κ1) is 21.9. The lowest BCUT2D eigenvalue weighted by molar-refractivity contribution is -0.126. The normalized spacial score (nSPS) is 15.3. The van der Waals surface area contributed by atoms with Crippen molar-refractivity contribution < 1.29 is 19.5 Å². The molecule has 3 aromatic rings. The number of aryl methyl sites for hydroxylation is 1. The van der Waals surface area contributed by atoms with E-state index in [0.29, 0.717) is 28.0 Å². The number of carbonyl (C=O) groups is 3. The Morgan fingerprint density at radius 2 is 1.74 bits per heavy atom. The summed E-state index contributed by atoms with van der Waals surface area (Å²) in [4.78, 5) is 39.7. The predicted octanol–water partition coefficient (Wildman–Crippen LogP) is 4.57. The molecule has 0 saturated heterocycles. The minimum absolute atomic E-state index is 0.132. The molecule has 3 N–H and O–H groups in total. The van der Waals surface area contributed by atoms with Gasteiger partial charge in [-0.05, 0) is 70.7 Å². The van der Waals surface area contributed by atoms with Crippen LogP contribution in [0.3, 0.4) is 0 Å². The Balaban J connectivity index is 1.47. The Hall–Kier alpha value is -3.91. The molecule has 7 nitrogen and oxygen atoms in total. The molecule has 8 heteroatoms. The number of hydrogen-bond acceptors (Lipinski definition) is 4. The third kappa shape index (κ3) is 3.97. The van der Waals surface area contributed by atoms with Gasteiger partial charge in [-0.1, -0.05) is 30.3 Å². The van der Waals surface area contributed by atoms with Gasteiger partial charge in [0, 0.05) is 21.4 Å². The molecular weight excluding hydrogens is 498 g/mol. The molecule has 1 heterocycles. The highest BCUT2D eigenvalue weighted by molar-refractivity contribution is 9.10. The van der Waals surface area contributed by atoms with E-state index in [1.54, 1.807) is 41.3 Å². The van der Waals surface area contributed by atoms with Gasteiger partial charge in [0.15, 0.2) is 0 Å². The Morgan fingerprint density at radius 1 is 0.971 bits per heavy atom. The zero-order chi connectivity index (χ0) is 23.8. The summed E-state index contributed by atoms with van der Waals surface area (Å²) in [6, 6.07) is 19.4. The molecule has 0 atom stereocenters. The first-order chi connectivity index (χ1) is 16.4. The summed E-state index contributed by atoms with van der Waals surface area (Å²) in [5, 5.41) is 15.7. The van der Waals surface area contributed by atoms with Crippen molar-refractivity contribution in [1.29, 1.82) is 0 Å². The van der Waals surface area contributed by atoms with E-state index >= 15 is 0 Å². The number of phenols is 1. The van der Waals surface area contributed by atoms with Gasteiger partial charge >= 0.3 is 0 Å². The molecule has 0 fully saturated rings. The fraction of sp³-hybridized carbons (Fsp3) is 0.115. The molecule has 170 valence electrons. The predicted molar refractivity (Wildman–Crippen MR) is 132 cm³/mol. The lowest BCUT2D eigenvalue weighted by Crippen LogP contribution is -2.31. The van der Waals surface area contributed by atoms with Gasteiger partial charge < -0.3 is 15.7 Å². The van der Waals surface area contributed by atoms with Crippen molar-refractivity contribution in [1.82, 2.24) is 5.32 Å². The maximum Gasteiger partial charge on any atom is 0.260 e. The van der Waals surface area contributed by atoms with Crippen LogP contribution < -0.4 is 15.5 Å². The van der Waals surface area contributed by atoms with Crippen LogP contribution in [0.15, 0.2) is 76.9 Å². The van der Waals surface area contributed by atoms with Gasteiger partial charge in [0.25, 0.3) is 5.91 Å². The lowest BCUT2D eigenvalue weighted by atomic mass is 9.91. The van der Waals surface area contributed by atoms with E-state index in [4.69, 9.17) is 0 Å². The van der Waals surface area contributed by atoms with Crippen molar-refractivity contribution in [3.63, 3.8) is 0 Å². The molecule has 0 radical (unpaired) electrons. The summed E-state index contributed by atoms with van der Waals surface area (Å²) in [7, 11) is 0. The number of benzene rings is 3. The van der Waals surface area contributed by atoms with E-state index in [1.807, 2.05) is 24.3 Å². The van der Waals surface area contributed by atoms with Crippen LogP contribution >= 0.6 is 15.9 Å². The second-order valence-corrected chi connectivity index (χ2v) is 8.92. The van der Waals surface area contributed by atoms with Crippen molar-refractivity contribution in [3.05, 3.63) is 93.6 Å². The Kier molecular flexibility index (Phi) is 5.67. The van der Waals surface area contributed by atoms with Crippen molar-refractivity contribution >= 4 is 50.7 Å². The van der Waals surface area contributed by atoms with Crippen LogP contribution in [0, 0.1) is 0 Å². The average Bonchev–Trinajstić information content (AvgIpc) is 2.94. The first-order valence-electron chi connectivity index (χ1n) is 10.8. The Morgan fingerprint density at radius 3 is 2.50 bits per heavy atom. The summed E-state index contributed by atoms with van der Waals surface area (Å²) in [5.74, 6) is -1.24. The molecule has 1 aliphatic heterocycles. The number of hydrogen-bond donors (Lipinski definition) is 3. The molecule has 34 heavy (non-hydrogen) atoms. The molecule has 0 unspecified atom stereocenters. The number of nitrogens with one attached hydrogen (secondary N) is 2. The maximum atomic E-state index is 13.0. The third-order valence-corrected chi connectivity index (χ3v) is 6.56. The second-order valence-electron chi connectivity index (χ2n) is 8.07. The SMILES string of the molecule is O=C1CC(=O)N(c2ccc(NC(=O)c3c(O)cccc3Br)cc2)C2=C(N1)c1ccccc1CC2. The number of phenolic OH excluding ortho intramolecular Hbond substituents is 1. The van der Waals surface area contributed by atoms with E-state index in [1.165, 1.54) is 6.07 Å². The summed E-state index contributed by atoms with van der Waals surface area (Å²) < 4.78 is 0.478. The fourth-order valence-corrected chi connectivity index (χ4v) is 4.89. The number of rotatable bonds is 3. The second kappa shape index (κ2) is 8.79. The summed E-state index contributed by atoms with van der Waals surface area (Å²) >= 11 is 3.28. The van der Waals surface area contributed by atoms with E-state index in [2.05, 4.69) is 26.6 Å². The highest BCUT2D eigenvalue weighted by Crippen LogP contribution is 2.36. The number of fused-ring (bicyclic) bond motifs is 2. The van der Waals surface area contributed by atoms with E-state index < -0.39 is 5.91 Å². The van der Waals surface area contributed by atoms with Gasteiger partial charge in [0.05, 0.1) is 17.0 Å². The van der Waals surface area contributed by atoms with Crippen molar-refractivity contribution in [2.75, 3.05) is 10.2 Å². The molecule has 2 aliphatic rings. The summed E-state index contributed by atoms with van der Waals surface area (Å²) in [6.45, 7) is 0. The van der Waals surface area contributed by atoms with E-state index in [9.17, 15) is 19.5 Å². The Labute approximate surface area is 204 Å². The molecule has 3 amide bonds. The van der Waals surface area contributed by atoms with Crippen LogP contribution in [0.25, 0.3) is 5.70 Å². The lowest BCUT2D eigenvalue weighted by Gasteiger charge is -2.29. The van der Waals surface area contributed by atoms with Crippen LogP contribution in [0.4, 0.5) is 11.4 Å². The quantitative estimate of drug-likeness (QED) is 0.443. The van der Waals surface area contributed by atoms with Gasteiger partial charge in [-0.15, -0.1) is 0 Å². The molecule has 5 rings (SSSR count). The topological polar surface area (TPSA) is 98.7 Å². The first-order valence-corrected chi connectivity index (χ1v) is 11.5. The molecule has 1 aliphatic carbocycles. The Bertz CT molecular complexity index is 1340. The van der Waals surface area contributed by atoms with Crippen LogP contribution in [0.2, 0.25) is 0 Å². The van der Waals surface area contributed by atoms with Gasteiger partial charge in [0.1, 0.15) is 12.2 Å². The number of anilines is 2. The van der Waals surface area contributed by atoms with Gasteiger partial charge in [-0.25, -0.2) is 0 Å². The number of carbonyl (C=O) groups excluding carboxylic acids is 3. The molecule has 0 spiro atoms. The minimum Gasteiger partial charge on any atom is -0.507 e. The molecule has 0 saturated carbocycles. The maximum absolute atomic E-state index is 13.0. The number of allylic oxidation sites excluding steroid dienone is 1. The molecule has 0 aromatic heterocycles. The van der Waals surface area contributed by atoms with Crippen LogP contribution in [-0.2, 0) is 16.0 Å². The highest BCUT2D eigenvalue weighted by Gasteiger charge is 2.32. The van der Waals surface area contributed by atoms with Crippen LogP contribution in [-0.4, -0.2) is 22.8 Å².